The largest absolute Gasteiger partial charge is 0.437 e. The first-order valence-electron chi connectivity index (χ1n) is 5.63. The summed E-state index contributed by atoms with van der Waals surface area (Å²) in [6, 6.07) is 9.07. The smallest absolute Gasteiger partial charge is 0.240 e. The number of benzene rings is 1. The van der Waals surface area contributed by atoms with E-state index in [1.165, 1.54) is 6.07 Å². The normalized spacial score (nSPS) is 10.9. The molecule has 19 heavy (non-hydrogen) atoms. The van der Waals surface area contributed by atoms with Crippen molar-refractivity contribution in [2.75, 3.05) is 5.73 Å². The minimum atomic E-state index is 0.185. The van der Waals surface area contributed by atoms with Gasteiger partial charge in [0.15, 0.2) is 0 Å². The first kappa shape index (κ1) is 13.7. The SMILES string of the molecule is C/C=C/c1ccccc1Oc1nc(N)c(Cl)cc1Cl. The van der Waals surface area contributed by atoms with Crippen LogP contribution in [0.15, 0.2) is 36.4 Å². The number of para-hydroxylation sites is 1. The van der Waals surface area contributed by atoms with Gasteiger partial charge in [-0.2, -0.15) is 4.98 Å². The second kappa shape index (κ2) is 5.95. The topological polar surface area (TPSA) is 48.1 Å². The summed E-state index contributed by atoms with van der Waals surface area (Å²) >= 11 is 11.9. The van der Waals surface area contributed by atoms with Gasteiger partial charge in [-0.3, -0.25) is 0 Å². The number of ether oxygens (including phenoxy) is 1. The lowest BCUT2D eigenvalue weighted by molar-refractivity contribution is 0.463. The summed E-state index contributed by atoms with van der Waals surface area (Å²) in [5, 5.41) is 0.619. The van der Waals surface area contributed by atoms with Crippen molar-refractivity contribution in [3.63, 3.8) is 0 Å². The van der Waals surface area contributed by atoms with E-state index in [4.69, 9.17) is 33.7 Å². The standard InChI is InChI=1S/C14H12Cl2N2O/c1-2-5-9-6-3-4-7-12(9)19-14-11(16)8-10(15)13(17)18-14/h2-8H,1H3,(H2,17,18)/b5-2+. The molecule has 0 unspecified atom stereocenters. The molecule has 0 aliphatic carbocycles. The molecule has 0 saturated carbocycles. The molecule has 98 valence electrons. The van der Waals surface area contributed by atoms with Gasteiger partial charge in [0.05, 0.1) is 5.02 Å². The van der Waals surface area contributed by atoms with Gasteiger partial charge in [-0.25, -0.2) is 0 Å². The van der Waals surface area contributed by atoms with Crippen LogP contribution in [0.3, 0.4) is 0 Å². The summed E-state index contributed by atoms with van der Waals surface area (Å²) < 4.78 is 5.70. The third kappa shape index (κ3) is 3.19. The molecule has 1 aromatic heterocycles. The number of anilines is 1. The minimum absolute atomic E-state index is 0.185. The number of nitrogen functional groups attached to an aromatic ring is 1. The van der Waals surface area contributed by atoms with Gasteiger partial charge in [-0.15, -0.1) is 0 Å². The van der Waals surface area contributed by atoms with E-state index in [9.17, 15) is 0 Å². The number of hydrogen-bond acceptors (Lipinski definition) is 3. The van der Waals surface area contributed by atoms with Gasteiger partial charge in [-0.05, 0) is 19.1 Å². The molecule has 2 rings (SSSR count). The highest BCUT2D eigenvalue weighted by Crippen LogP contribution is 2.33. The van der Waals surface area contributed by atoms with Crippen molar-refractivity contribution in [1.82, 2.24) is 4.98 Å². The fraction of sp³-hybridized carbons (Fsp3) is 0.0714. The van der Waals surface area contributed by atoms with Gasteiger partial charge in [0.2, 0.25) is 5.88 Å². The van der Waals surface area contributed by atoms with Crippen LogP contribution in [0.5, 0.6) is 11.6 Å². The maximum Gasteiger partial charge on any atom is 0.240 e. The molecule has 0 saturated heterocycles. The lowest BCUT2D eigenvalue weighted by atomic mass is 10.2. The molecule has 0 amide bonds. The predicted octanol–water partition coefficient (Wildman–Crippen LogP) is 4.80. The fourth-order valence-electron chi connectivity index (χ4n) is 1.53. The summed E-state index contributed by atoms with van der Waals surface area (Å²) in [6.07, 6.45) is 3.86. The quantitative estimate of drug-likeness (QED) is 0.885. The maximum absolute atomic E-state index is 6.04. The zero-order chi connectivity index (χ0) is 13.8. The number of nitrogens with zero attached hydrogens (tertiary/aromatic N) is 1. The van der Waals surface area contributed by atoms with Crippen molar-refractivity contribution in [1.29, 1.82) is 0 Å². The van der Waals surface area contributed by atoms with Crippen molar-refractivity contribution in [3.8, 4) is 11.6 Å². The first-order valence-corrected chi connectivity index (χ1v) is 6.38. The van der Waals surface area contributed by atoms with Crippen molar-refractivity contribution < 1.29 is 4.74 Å². The summed E-state index contributed by atoms with van der Waals surface area (Å²) in [6.45, 7) is 1.93. The first-order chi connectivity index (χ1) is 9.11. The van der Waals surface area contributed by atoms with Crippen molar-refractivity contribution in [2.45, 2.75) is 6.92 Å². The van der Waals surface area contributed by atoms with Crippen molar-refractivity contribution >= 4 is 35.1 Å². The maximum atomic E-state index is 6.04. The summed E-state index contributed by atoms with van der Waals surface area (Å²) in [4.78, 5) is 4.04. The zero-order valence-electron chi connectivity index (χ0n) is 10.2. The van der Waals surface area contributed by atoms with Crippen LogP contribution in [0.1, 0.15) is 12.5 Å². The van der Waals surface area contributed by atoms with Gasteiger partial charge in [0.1, 0.15) is 16.6 Å². The molecule has 0 fully saturated rings. The van der Waals surface area contributed by atoms with E-state index in [1.807, 2.05) is 43.3 Å². The second-order valence-corrected chi connectivity index (χ2v) is 4.60. The second-order valence-electron chi connectivity index (χ2n) is 3.78. The zero-order valence-corrected chi connectivity index (χ0v) is 11.7. The lowest BCUT2D eigenvalue weighted by Gasteiger charge is -2.10. The van der Waals surface area contributed by atoms with Crippen LogP contribution in [-0.4, -0.2) is 4.98 Å². The number of halogens is 2. The Labute approximate surface area is 121 Å². The third-order valence-corrected chi connectivity index (χ3v) is 2.97. The number of rotatable bonds is 3. The molecule has 5 heteroatoms. The van der Waals surface area contributed by atoms with E-state index in [2.05, 4.69) is 4.98 Å². The fourth-order valence-corrected chi connectivity index (χ4v) is 1.93. The average Bonchev–Trinajstić information content (AvgIpc) is 2.38. The monoisotopic (exact) mass is 294 g/mol. The number of nitrogens with two attached hydrogens (primary N) is 1. The average molecular weight is 295 g/mol. The molecular weight excluding hydrogens is 283 g/mol. The molecule has 0 aliphatic rings. The summed E-state index contributed by atoms with van der Waals surface area (Å²) in [5.74, 6) is 1.07. The summed E-state index contributed by atoms with van der Waals surface area (Å²) in [5.41, 5.74) is 6.57. The predicted molar refractivity (Wildman–Crippen MR) is 79.9 cm³/mol. The Hall–Kier alpha value is -1.71. The lowest BCUT2D eigenvalue weighted by Crippen LogP contribution is -1.96. The van der Waals surface area contributed by atoms with Crippen LogP contribution in [0.2, 0.25) is 10.0 Å². The van der Waals surface area contributed by atoms with E-state index in [0.29, 0.717) is 15.8 Å². The molecule has 1 aromatic carbocycles. The molecule has 3 nitrogen and oxygen atoms in total. The van der Waals surface area contributed by atoms with Crippen molar-refractivity contribution in [2.24, 2.45) is 0 Å². The Balaban J connectivity index is 2.39. The molecule has 1 heterocycles. The number of pyridine rings is 1. The van der Waals surface area contributed by atoms with Crippen LogP contribution in [0.4, 0.5) is 5.82 Å². The van der Waals surface area contributed by atoms with Crippen LogP contribution in [-0.2, 0) is 0 Å². The van der Waals surface area contributed by atoms with E-state index in [-0.39, 0.29) is 11.7 Å². The van der Waals surface area contributed by atoms with Crippen molar-refractivity contribution in [3.05, 3.63) is 52.0 Å². The minimum Gasteiger partial charge on any atom is -0.437 e. The Morgan fingerprint density at radius 1 is 1.21 bits per heavy atom. The number of aromatic nitrogens is 1. The van der Waals surface area contributed by atoms with Crippen LogP contribution in [0, 0.1) is 0 Å². The van der Waals surface area contributed by atoms with Crippen LogP contribution in [0.25, 0.3) is 6.08 Å². The van der Waals surface area contributed by atoms with E-state index < -0.39 is 0 Å². The molecule has 2 N–H and O–H groups in total. The van der Waals surface area contributed by atoms with E-state index in [1.54, 1.807) is 0 Å². The van der Waals surface area contributed by atoms with Gasteiger partial charge in [-0.1, -0.05) is 53.6 Å². The molecule has 0 aliphatic heterocycles. The van der Waals surface area contributed by atoms with E-state index >= 15 is 0 Å². The van der Waals surface area contributed by atoms with Gasteiger partial charge in [0, 0.05) is 5.56 Å². The Morgan fingerprint density at radius 2 is 1.95 bits per heavy atom. The summed E-state index contributed by atoms with van der Waals surface area (Å²) in [7, 11) is 0. The highest BCUT2D eigenvalue weighted by molar-refractivity contribution is 6.36. The number of hydrogen-bond donors (Lipinski definition) is 1. The van der Waals surface area contributed by atoms with Crippen LogP contribution >= 0.6 is 23.2 Å². The number of allylic oxidation sites excluding steroid dienone is 1. The van der Waals surface area contributed by atoms with Gasteiger partial charge < -0.3 is 10.5 Å². The molecule has 2 aromatic rings. The molecular formula is C14H12Cl2N2O. The third-order valence-electron chi connectivity index (χ3n) is 2.40. The molecule has 0 bridgehead atoms. The van der Waals surface area contributed by atoms with E-state index in [0.717, 1.165) is 5.56 Å². The highest BCUT2D eigenvalue weighted by Gasteiger charge is 2.10. The molecule has 0 atom stereocenters. The Bertz CT molecular complexity index is 627. The Morgan fingerprint density at radius 3 is 2.68 bits per heavy atom. The molecule has 0 radical (unpaired) electrons. The Kier molecular flexibility index (Phi) is 4.30. The highest BCUT2D eigenvalue weighted by atomic mass is 35.5. The molecule has 0 spiro atoms. The van der Waals surface area contributed by atoms with Crippen LogP contribution < -0.4 is 10.5 Å². The van der Waals surface area contributed by atoms with Gasteiger partial charge >= 0.3 is 0 Å². The van der Waals surface area contributed by atoms with Gasteiger partial charge in [0.25, 0.3) is 0 Å².